The minimum atomic E-state index is -0.579. The number of carbonyl (C=O) groups is 1. The normalized spacial score (nSPS) is 11.1. The number of nitrogens with zero attached hydrogens (tertiary/aromatic N) is 2. The van der Waals surface area contributed by atoms with Crippen molar-refractivity contribution in [2.45, 2.75) is 0 Å². The zero-order valence-electron chi connectivity index (χ0n) is 15.8. The maximum Gasteiger partial charge on any atom is 0.275 e. The number of benzene rings is 3. The van der Waals surface area contributed by atoms with Crippen molar-refractivity contribution >= 4 is 40.2 Å². The van der Waals surface area contributed by atoms with Crippen molar-refractivity contribution in [3.63, 3.8) is 0 Å². The SMILES string of the molecule is O=C(N/N=C/c1ccc(-c2ccc([N+](=O)[O-])cc2Cl)o1)c1cc2ccccc2cc1O. The van der Waals surface area contributed by atoms with Crippen LogP contribution in [0.5, 0.6) is 5.75 Å². The summed E-state index contributed by atoms with van der Waals surface area (Å²) in [7, 11) is 0. The summed E-state index contributed by atoms with van der Waals surface area (Å²) in [6, 6.07) is 17.7. The van der Waals surface area contributed by atoms with Crippen molar-refractivity contribution in [2.24, 2.45) is 5.10 Å². The highest BCUT2D eigenvalue weighted by molar-refractivity contribution is 6.33. The second kappa shape index (κ2) is 8.29. The molecule has 0 bridgehead atoms. The van der Waals surface area contributed by atoms with Crippen molar-refractivity contribution in [2.75, 3.05) is 0 Å². The quantitative estimate of drug-likeness (QED) is 0.256. The molecule has 0 spiro atoms. The van der Waals surface area contributed by atoms with Gasteiger partial charge in [-0.3, -0.25) is 14.9 Å². The van der Waals surface area contributed by atoms with E-state index < -0.39 is 10.8 Å². The van der Waals surface area contributed by atoms with E-state index in [1.54, 1.807) is 18.2 Å². The molecular formula is C22H14ClN3O5. The van der Waals surface area contributed by atoms with Gasteiger partial charge in [-0.25, -0.2) is 5.43 Å². The van der Waals surface area contributed by atoms with Gasteiger partial charge in [-0.15, -0.1) is 0 Å². The summed E-state index contributed by atoms with van der Waals surface area (Å²) in [5.41, 5.74) is 2.79. The molecule has 0 saturated carbocycles. The van der Waals surface area contributed by atoms with Gasteiger partial charge in [0, 0.05) is 17.7 Å². The van der Waals surface area contributed by atoms with Crippen LogP contribution < -0.4 is 5.43 Å². The summed E-state index contributed by atoms with van der Waals surface area (Å²) < 4.78 is 5.62. The van der Waals surface area contributed by atoms with Crippen LogP contribution in [0, 0.1) is 10.1 Å². The summed E-state index contributed by atoms with van der Waals surface area (Å²) >= 11 is 6.11. The van der Waals surface area contributed by atoms with Gasteiger partial charge in [-0.2, -0.15) is 5.10 Å². The fourth-order valence-electron chi connectivity index (χ4n) is 3.01. The molecule has 2 N–H and O–H groups in total. The van der Waals surface area contributed by atoms with Gasteiger partial charge >= 0.3 is 0 Å². The molecule has 1 amide bonds. The summed E-state index contributed by atoms with van der Waals surface area (Å²) in [4.78, 5) is 22.7. The summed E-state index contributed by atoms with van der Waals surface area (Å²) in [6.45, 7) is 0. The number of nitrogens with one attached hydrogen (secondary N) is 1. The van der Waals surface area contributed by atoms with Crippen LogP contribution in [0.1, 0.15) is 16.1 Å². The van der Waals surface area contributed by atoms with Gasteiger partial charge < -0.3 is 9.52 Å². The van der Waals surface area contributed by atoms with Gasteiger partial charge in [0.1, 0.15) is 17.3 Å². The van der Waals surface area contributed by atoms with E-state index in [0.29, 0.717) is 17.1 Å². The van der Waals surface area contributed by atoms with E-state index in [2.05, 4.69) is 10.5 Å². The third-order valence-electron chi connectivity index (χ3n) is 4.52. The molecule has 4 rings (SSSR count). The first-order valence-electron chi connectivity index (χ1n) is 9.01. The molecule has 0 unspecified atom stereocenters. The van der Waals surface area contributed by atoms with E-state index in [9.17, 15) is 20.0 Å². The topological polar surface area (TPSA) is 118 Å². The van der Waals surface area contributed by atoms with Gasteiger partial charge in [0.05, 0.1) is 21.7 Å². The summed E-state index contributed by atoms with van der Waals surface area (Å²) in [5.74, 6) is -0.0171. The fraction of sp³-hybridized carbons (Fsp3) is 0. The first kappa shape index (κ1) is 20.1. The van der Waals surface area contributed by atoms with Crippen LogP contribution in [0.15, 0.2) is 76.2 Å². The number of fused-ring (bicyclic) bond motifs is 1. The summed E-state index contributed by atoms with van der Waals surface area (Å²) in [5, 5.41) is 26.6. The number of aromatic hydroxyl groups is 1. The average molecular weight is 436 g/mol. The minimum Gasteiger partial charge on any atom is -0.507 e. The highest BCUT2D eigenvalue weighted by Gasteiger charge is 2.14. The number of furan rings is 1. The van der Waals surface area contributed by atoms with Gasteiger partial charge in [0.25, 0.3) is 11.6 Å². The molecule has 154 valence electrons. The van der Waals surface area contributed by atoms with E-state index in [-0.39, 0.29) is 22.0 Å². The number of phenolic OH excluding ortho intramolecular Hbond substituents is 1. The molecule has 1 aromatic heterocycles. The number of carbonyl (C=O) groups excluding carboxylic acids is 1. The molecule has 0 radical (unpaired) electrons. The number of nitro groups is 1. The Kier molecular flexibility index (Phi) is 5.38. The van der Waals surface area contributed by atoms with Crippen LogP contribution in [-0.4, -0.2) is 22.2 Å². The predicted molar refractivity (Wildman–Crippen MR) is 116 cm³/mol. The molecule has 0 atom stereocenters. The lowest BCUT2D eigenvalue weighted by atomic mass is 10.1. The van der Waals surface area contributed by atoms with Crippen molar-refractivity contribution in [3.8, 4) is 17.1 Å². The summed E-state index contributed by atoms with van der Waals surface area (Å²) in [6.07, 6.45) is 1.29. The van der Waals surface area contributed by atoms with Crippen LogP contribution >= 0.6 is 11.6 Å². The number of hydrazone groups is 1. The van der Waals surface area contributed by atoms with Gasteiger partial charge in [0.2, 0.25) is 0 Å². The van der Waals surface area contributed by atoms with Crippen molar-refractivity contribution in [3.05, 3.63) is 93.2 Å². The maximum atomic E-state index is 12.4. The Morgan fingerprint density at radius 3 is 2.55 bits per heavy atom. The lowest BCUT2D eigenvalue weighted by molar-refractivity contribution is -0.384. The highest BCUT2D eigenvalue weighted by atomic mass is 35.5. The first-order chi connectivity index (χ1) is 14.9. The van der Waals surface area contributed by atoms with Crippen molar-refractivity contribution < 1.29 is 19.2 Å². The molecule has 3 aromatic carbocycles. The number of halogens is 1. The molecule has 0 aliphatic heterocycles. The van der Waals surface area contributed by atoms with E-state index >= 15 is 0 Å². The third kappa shape index (κ3) is 4.24. The highest BCUT2D eigenvalue weighted by Crippen LogP contribution is 2.32. The number of amides is 1. The zero-order valence-corrected chi connectivity index (χ0v) is 16.5. The van der Waals surface area contributed by atoms with Crippen LogP contribution in [0.4, 0.5) is 5.69 Å². The van der Waals surface area contributed by atoms with Crippen LogP contribution in [0.25, 0.3) is 22.1 Å². The van der Waals surface area contributed by atoms with Crippen molar-refractivity contribution in [1.29, 1.82) is 0 Å². The Hall–Kier alpha value is -4.17. The zero-order chi connectivity index (χ0) is 22.0. The number of rotatable bonds is 5. The van der Waals surface area contributed by atoms with E-state index in [4.69, 9.17) is 16.0 Å². The molecule has 0 saturated heterocycles. The van der Waals surface area contributed by atoms with E-state index in [1.807, 2.05) is 24.3 Å². The first-order valence-corrected chi connectivity index (χ1v) is 9.39. The Morgan fingerprint density at radius 1 is 1.10 bits per heavy atom. The Labute approximate surface area is 180 Å². The van der Waals surface area contributed by atoms with Crippen LogP contribution in [-0.2, 0) is 0 Å². The van der Waals surface area contributed by atoms with Gasteiger partial charge in [-0.1, -0.05) is 35.9 Å². The molecule has 8 nitrogen and oxygen atoms in total. The Morgan fingerprint density at radius 2 is 1.84 bits per heavy atom. The lowest BCUT2D eigenvalue weighted by Gasteiger charge is -2.05. The largest absolute Gasteiger partial charge is 0.507 e. The van der Waals surface area contributed by atoms with Gasteiger partial charge in [-0.05, 0) is 41.1 Å². The number of hydrogen-bond acceptors (Lipinski definition) is 6. The lowest BCUT2D eigenvalue weighted by Crippen LogP contribution is -2.17. The predicted octanol–water partition coefficient (Wildman–Crippen LogP) is 5.13. The molecule has 0 aliphatic carbocycles. The Bertz CT molecular complexity index is 1350. The van der Waals surface area contributed by atoms with E-state index in [0.717, 1.165) is 10.8 Å². The standard InChI is InChI=1S/C22H14ClN3O5/c23-19-11-15(26(29)30)5-7-17(19)21-8-6-16(31-21)12-24-25-22(28)18-9-13-3-1-2-4-14(13)10-20(18)27/h1-12,27H,(H,25,28)/b24-12+. The van der Waals surface area contributed by atoms with Crippen molar-refractivity contribution in [1.82, 2.24) is 5.43 Å². The molecule has 0 fully saturated rings. The molecule has 0 aliphatic rings. The maximum absolute atomic E-state index is 12.4. The van der Waals surface area contributed by atoms with Crippen LogP contribution in [0.2, 0.25) is 5.02 Å². The monoisotopic (exact) mass is 435 g/mol. The van der Waals surface area contributed by atoms with Gasteiger partial charge in [0.15, 0.2) is 0 Å². The molecule has 1 heterocycles. The van der Waals surface area contributed by atoms with E-state index in [1.165, 1.54) is 30.5 Å². The minimum absolute atomic E-state index is 0.0913. The fourth-order valence-corrected chi connectivity index (χ4v) is 3.28. The molecule has 9 heteroatoms. The average Bonchev–Trinajstić information content (AvgIpc) is 3.21. The smallest absolute Gasteiger partial charge is 0.275 e. The number of phenols is 1. The Balaban J connectivity index is 1.48. The molecule has 31 heavy (non-hydrogen) atoms. The second-order valence-corrected chi connectivity index (χ2v) is 6.95. The third-order valence-corrected chi connectivity index (χ3v) is 4.83. The molecular weight excluding hydrogens is 422 g/mol. The molecule has 4 aromatic rings. The number of hydrogen-bond donors (Lipinski definition) is 2. The van der Waals surface area contributed by atoms with Crippen LogP contribution in [0.3, 0.4) is 0 Å². The second-order valence-electron chi connectivity index (χ2n) is 6.54. The number of non-ortho nitro benzene ring substituents is 1. The number of nitro benzene ring substituents is 1.